The molecule has 106 valence electrons. The summed E-state index contributed by atoms with van der Waals surface area (Å²) in [5, 5.41) is 1.29. The van der Waals surface area contributed by atoms with Crippen LogP contribution in [0.2, 0.25) is 10.0 Å². The lowest BCUT2D eigenvalue weighted by atomic mass is 10.00. The van der Waals surface area contributed by atoms with E-state index in [1.165, 1.54) is 0 Å². The van der Waals surface area contributed by atoms with Crippen LogP contribution in [-0.2, 0) is 6.42 Å². The number of nitrogens with zero attached hydrogens (tertiary/aromatic N) is 1. The molecule has 0 spiro atoms. The summed E-state index contributed by atoms with van der Waals surface area (Å²) >= 11 is 12.2. The molecular formula is C14H15Cl2N3O. The van der Waals surface area contributed by atoms with Crippen LogP contribution < -0.4 is 16.0 Å². The molecule has 1 unspecified atom stereocenters. The van der Waals surface area contributed by atoms with E-state index in [0.717, 1.165) is 11.1 Å². The van der Waals surface area contributed by atoms with Crippen molar-refractivity contribution < 1.29 is 4.74 Å². The summed E-state index contributed by atoms with van der Waals surface area (Å²) in [5.41, 5.74) is 4.55. The summed E-state index contributed by atoms with van der Waals surface area (Å²) in [6, 6.07) is 8.93. The summed E-state index contributed by atoms with van der Waals surface area (Å²) in [6.07, 6.45) is 2.25. The van der Waals surface area contributed by atoms with Crippen LogP contribution in [0.5, 0.6) is 5.88 Å². The fourth-order valence-corrected chi connectivity index (χ4v) is 2.41. The maximum Gasteiger partial charge on any atom is 0.217 e. The van der Waals surface area contributed by atoms with Gasteiger partial charge in [-0.2, -0.15) is 0 Å². The molecule has 0 aliphatic heterocycles. The van der Waals surface area contributed by atoms with Gasteiger partial charge in [-0.25, -0.2) is 4.98 Å². The zero-order valence-electron chi connectivity index (χ0n) is 10.9. The van der Waals surface area contributed by atoms with Crippen molar-refractivity contribution in [2.24, 2.45) is 5.84 Å². The molecule has 3 N–H and O–H groups in total. The summed E-state index contributed by atoms with van der Waals surface area (Å²) in [5.74, 6) is 6.19. The fraction of sp³-hybridized carbons (Fsp3) is 0.214. The molecule has 1 aromatic carbocycles. The van der Waals surface area contributed by atoms with Gasteiger partial charge < -0.3 is 4.74 Å². The Balaban J connectivity index is 2.31. The smallest absolute Gasteiger partial charge is 0.217 e. The maximum atomic E-state index is 6.18. The second kappa shape index (κ2) is 6.90. The van der Waals surface area contributed by atoms with Gasteiger partial charge in [-0.15, -0.1) is 0 Å². The van der Waals surface area contributed by atoms with Crippen LogP contribution in [0.1, 0.15) is 17.2 Å². The molecule has 0 aliphatic rings. The van der Waals surface area contributed by atoms with Gasteiger partial charge >= 0.3 is 0 Å². The van der Waals surface area contributed by atoms with Crippen LogP contribution in [0, 0.1) is 0 Å². The number of aromatic nitrogens is 1. The predicted octanol–water partition coefficient (Wildman–Crippen LogP) is 3.14. The lowest BCUT2D eigenvalue weighted by molar-refractivity contribution is 0.382. The van der Waals surface area contributed by atoms with Crippen molar-refractivity contribution in [3.05, 3.63) is 57.7 Å². The minimum absolute atomic E-state index is 0.172. The minimum atomic E-state index is -0.172. The topological polar surface area (TPSA) is 60.2 Å². The van der Waals surface area contributed by atoms with Crippen LogP contribution in [0.25, 0.3) is 0 Å². The summed E-state index contributed by atoms with van der Waals surface area (Å²) in [7, 11) is 1.58. The molecular weight excluding hydrogens is 297 g/mol. The largest absolute Gasteiger partial charge is 0.481 e. The number of rotatable bonds is 5. The Morgan fingerprint density at radius 1 is 1.35 bits per heavy atom. The van der Waals surface area contributed by atoms with Crippen LogP contribution in [0.4, 0.5) is 0 Å². The first kappa shape index (κ1) is 15.1. The van der Waals surface area contributed by atoms with E-state index in [1.54, 1.807) is 25.4 Å². The Morgan fingerprint density at radius 2 is 2.15 bits per heavy atom. The first-order valence-corrected chi connectivity index (χ1v) is 6.80. The van der Waals surface area contributed by atoms with Gasteiger partial charge in [0.15, 0.2) is 0 Å². The lowest BCUT2D eigenvalue weighted by Crippen LogP contribution is -2.30. The Kier molecular flexibility index (Phi) is 5.20. The van der Waals surface area contributed by atoms with Crippen molar-refractivity contribution >= 4 is 23.2 Å². The number of pyridine rings is 1. The van der Waals surface area contributed by atoms with Gasteiger partial charge in [-0.3, -0.25) is 11.3 Å². The predicted molar refractivity (Wildman–Crippen MR) is 81.0 cm³/mol. The van der Waals surface area contributed by atoms with E-state index in [4.69, 9.17) is 33.8 Å². The third-order valence-corrected chi connectivity index (χ3v) is 3.61. The number of nitrogens with two attached hydrogens (primary N) is 1. The van der Waals surface area contributed by atoms with E-state index in [9.17, 15) is 0 Å². The second-order valence-corrected chi connectivity index (χ2v) is 5.10. The fourth-order valence-electron chi connectivity index (χ4n) is 2.02. The van der Waals surface area contributed by atoms with E-state index >= 15 is 0 Å². The van der Waals surface area contributed by atoms with Gasteiger partial charge in [0.1, 0.15) is 0 Å². The highest BCUT2D eigenvalue weighted by atomic mass is 35.5. The molecule has 0 radical (unpaired) electrons. The van der Waals surface area contributed by atoms with E-state index in [2.05, 4.69) is 10.4 Å². The second-order valence-electron chi connectivity index (χ2n) is 4.26. The zero-order chi connectivity index (χ0) is 14.5. The summed E-state index contributed by atoms with van der Waals surface area (Å²) in [6.45, 7) is 0. The zero-order valence-corrected chi connectivity index (χ0v) is 12.4. The highest BCUT2D eigenvalue weighted by molar-refractivity contribution is 6.33. The van der Waals surface area contributed by atoms with Crippen molar-refractivity contribution in [2.75, 3.05) is 7.11 Å². The van der Waals surface area contributed by atoms with Gasteiger partial charge in [0, 0.05) is 21.8 Å². The molecule has 2 rings (SSSR count). The third kappa shape index (κ3) is 3.41. The van der Waals surface area contributed by atoms with E-state index in [0.29, 0.717) is 22.3 Å². The van der Waals surface area contributed by atoms with E-state index in [1.807, 2.05) is 18.2 Å². The molecule has 1 atom stereocenters. The minimum Gasteiger partial charge on any atom is -0.481 e. The highest BCUT2D eigenvalue weighted by Gasteiger charge is 2.17. The number of hydrogen-bond donors (Lipinski definition) is 2. The van der Waals surface area contributed by atoms with Gasteiger partial charge in [0.05, 0.1) is 13.2 Å². The molecule has 0 bridgehead atoms. The Hall–Kier alpha value is -1.33. The van der Waals surface area contributed by atoms with Crippen LogP contribution in [-0.4, -0.2) is 12.1 Å². The van der Waals surface area contributed by atoms with Crippen LogP contribution in [0.3, 0.4) is 0 Å². The number of ether oxygens (including phenoxy) is 1. The molecule has 2 aromatic rings. The SMILES string of the molecule is COc1ncccc1C(Cc1cc(Cl)ccc1Cl)NN. The van der Waals surface area contributed by atoms with Crippen molar-refractivity contribution in [3.63, 3.8) is 0 Å². The summed E-state index contributed by atoms with van der Waals surface area (Å²) < 4.78 is 5.25. The molecule has 0 fully saturated rings. The third-order valence-electron chi connectivity index (χ3n) is 3.00. The molecule has 0 amide bonds. The van der Waals surface area contributed by atoms with E-state index in [-0.39, 0.29) is 6.04 Å². The van der Waals surface area contributed by atoms with Crippen molar-refractivity contribution in [1.29, 1.82) is 0 Å². The first-order chi connectivity index (χ1) is 9.65. The van der Waals surface area contributed by atoms with Gasteiger partial charge in [0.2, 0.25) is 5.88 Å². The molecule has 20 heavy (non-hydrogen) atoms. The average molecular weight is 312 g/mol. The monoisotopic (exact) mass is 311 g/mol. The standard InChI is InChI=1S/C14H15Cl2N3O/c1-20-14-11(3-2-6-18-14)13(19-17)8-9-7-10(15)4-5-12(9)16/h2-7,13,19H,8,17H2,1H3. The number of nitrogens with one attached hydrogen (secondary N) is 1. The van der Waals surface area contributed by atoms with Crippen LogP contribution in [0.15, 0.2) is 36.5 Å². The highest BCUT2D eigenvalue weighted by Crippen LogP contribution is 2.29. The molecule has 0 saturated carbocycles. The van der Waals surface area contributed by atoms with Gasteiger partial charge in [-0.1, -0.05) is 29.3 Å². The summed E-state index contributed by atoms with van der Waals surface area (Å²) in [4.78, 5) is 4.17. The molecule has 6 heteroatoms. The first-order valence-electron chi connectivity index (χ1n) is 6.04. The molecule has 1 heterocycles. The van der Waals surface area contributed by atoms with Gasteiger partial charge in [0.25, 0.3) is 0 Å². The number of hydrogen-bond acceptors (Lipinski definition) is 4. The molecule has 4 nitrogen and oxygen atoms in total. The number of benzene rings is 1. The quantitative estimate of drug-likeness (QED) is 0.658. The Labute approximate surface area is 127 Å². The number of hydrazine groups is 1. The van der Waals surface area contributed by atoms with Crippen molar-refractivity contribution in [3.8, 4) is 5.88 Å². The lowest BCUT2D eigenvalue weighted by Gasteiger charge is -2.19. The Morgan fingerprint density at radius 3 is 2.85 bits per heavy atom. The van der Waals surface area contributed by atoms with Crippen LogP contribution >= 0.6 is 23.2 Å². The molecule has 0 aliphatic carbocycles. The van der Waals surface area contributed by atoms with Gasteiger partial charge in [-0.05, 0) is 36.2 Å². The maximum absolute atomic E-state index is 6.18. The molecule has 0 saturated heterocycles. The number of halogens is 2. The molecule has 1 aromatic heterocycles. The Bertz CT molecular complexity index is 592. The average Bonchev–Trinajstić information content (AvgIpc) is 2.48. The normalized spacial score (nSPS) is 12.2. The number of methoxy groups -OCH3 is 1. The van der Waals surface area contributed by atoms with Crippen molar-refractivity contribution in [2.45, 2.75) is 12.5 Å². The van der Waals surface area contributed by atoms with Crippen molar-refractivity contribution in [1.82, 2.24) is 10.4 Å². The van der Waals surface area contributed by atoms with E-state index < -0.39 is 0 Å².